The van der Waals surface area contributed by atoms with Crippen molar-refractivity contribution in [2.45, 2.75) is 65.6 Å². The number of aryl methyl sites for hydroxylation is 1. The maximum absolute atomic E-state index is 12.7. The monoisotopic (exact) mass is 651 g/mol. The first-order valence-corrected chi connectivity index (χ1v) is 16.0. The number of carboxylic acid groups (broad SMARTS) is 1. The summed E-state index contributed by atoms with van der Waals surface area (Å²) in [5.74, 6) is 1.11. The summed E-state index contributed by atoms with van der Waals surface area (Å²) in [4.78, 5) is 31.0. The van der Waals surface area contributed by atoms with E-state index >= 15 is 0 Å². The Morgan fingerprint density at radius 2 is 1.71 bits per heavy atom. The molecule has 9 nitrogen and oxygen atoms in total. The molecule has 0 saturated heterocycles. The van der Waals surface area contributed by atoms with Crippen LogP contribution in [-0.2, 0) is 29.0 Å². The smallest absolute Gasteiger partial charge is 0.331 e. The normalized spacial score (nSPS) is 14.4. The molecular weight excluding hydrogens is 606 g/mol. The SMILES string of the molecule is CC(C)(C)N.CC=CC=CC(=O)N1CCc2ccc(OCCc3nc(-c4ccc(OCc5ccccc5)cc4)oc3C)cc2C1C(=O)O. The summed E-state index contributed by atoms with van der Waals surface area (Å²) in [7, 11) is 0. The molecule has 1 atom stereocenters. The minimum absolute atomic E-state index is 0. The van der Waals surface area contributed by atoms with Crippen LogP contribution in [0.15, 0.2) is 102 Å². The predicted molar refractivity (Wildman–Crippen MR) is 187 cm³/mol. The van der Waals surface area contributed by atoms with Gasteiger partial charge in [0, 0.05) is 30.1 Å². The summed E-state index contributed by atoms with van der Waals surface area (Å²) >= 11 is 0. The second kappa shape index (κ2) is 16.6. The van der Waals surface area contributed by atoms with Gasteiger partial charge in [-0.25, -0.2) is 9.78 Å². The molecule has 0 fully saturated rings. The van der Waals surface area contributed by atoms with E-state index in [9.17, 15) is 14.7 Å². The van der Waals surface area contributed by atoms with E-state index in [0.29, 0.717) is 55.6 Å². The van der Waals surface area contributed by atoms with Crippen molar-refractivity contribution in [3.63, 3.8) is 0 Å². The Balaban J connectivity index is 0.000000968. The molecule has 3 aromatic carbocycles. The van der Waals surface area contributed by atoms with E-state index in [1.54, 1.807) is 24.3 Å². The first kappa shape index (κ1) is 35.7. The zero-order valence-electron chi connectivity index (χ0n) is 28.3. The molecule has 0 saturated carbocycles. The molecule has 1 aromatic heterocycles. The summed E-state index contributed by atoms with van der Waals surface area (Å²) in [5.41, 5.74) is 9.55. The molecule has 0 spiro atoms. The fourth-order valence-corrected chi connectivity index (χ4v) is 5.02. The van der Waals surface area contributed by atoms with Gasteiger partial charge < -0.3 is 29.6 Å². The van der Waals surface area contributed by atoms with Crippen molar-refractivity contribution in [1.82, 2.24) is 9.88 Å². The van der Waals surface area contributed by atoms with E-state index in [1.807, 2.05) is 101 Å². The zero-order valence-corrected chi connectivity index (χ0v) is 28.3. The van der Waals surface area contributed by atoms with Gasteiger partial charge in [0.15, 0.2) is 6.04 Å². The van der Waals surface area contributed by atoms with Crippen LogP contribution in [0.3, 0.4) is 0 Å². The van der Waals surface area contributed by atoms with Gasteiger partial charge in [0.1, 0.15) is 23.9 Å². The Bertz CT molecular complexity index is 1710. The number of carbonyl (C=O) groups is 2. The number of hydrogen-bond acceptors (Lipinski definition) is 7. The van der Waals surface area contributed by atoms with Crippen LogP contribution < -0.4 is 15.2 Å². The van der Waals surface area contributed by atoms with Crippen LogP contribution >= 0.6 is 0 Å². The Labute approximate surface area is 282 Å². The quantitative estimate of drug-likeness (QED) is 0.128. The van der Waals surface area contributed by atoms with Gasteiger partial charge in [-0.15, -0.1) is 0 Å². The predicted octanol–water partition coefficient (Wildman–Crippen LogP) is 7.24. The summed E-state index contributed by atoms with van der Waals surface area (Å²) < 4.78 is 17.8. The Morgan fingerprint density at radius 1 is 1.02 bits per heavy atom. The third kappa shape index (κ3) is 10.4. The topological polar surface area (TPSA) is 128 Å². The number of hydrogen-bond donors (Lipinski definition) is 2. The molecule has 2 heterocycles. The Morgan fingerprint density at radius 3 is 2.38 bits per heavy atom. The highest BCUT2D eigenvalue weighted by Gasteiger charge is 2.35. The van der Waals surface area contributed by atoms with Gasteiger partial charge in [0.2, 0.25) is 11.8 Å². The fraction of sp³-hybridized carbons (Fsp3) is 0.308. The van der Waals surface area contributed by atoms with Gasteiger partial charge in [0.25, 0.3) is 0 Å². The average molecular weight is 652 g/mol. The first-order valence-electron chi connectivity index (χ1n) is 16.0. The molecule has 48 heavy (non-hydrogen) atoms. The van der Waals surface area contributed by atoms with E-state index < -0.39 is 12.0 Å². The molecule has 3 N–H and O–H groups in total. The molecule has 5 rings (SSSR count). The van der Waals surface area contributed by atoms with E-state index in [-0.39, 0.29) is 11.4 Å². The number of ether oxygens (including phenoxy) is 2. The van der Waals surface area contributed by atoms with Gasteiger partial charge in [-0.3, -0.25) is 4.79 Å². The number of nitrogens with two attached hydrogens (primary N) is 1. The summed E-state index contributed by atoms with van der Waals surface area (Å²) in [6.07, 6.45) is 7.62. The molecule has 0 bridgehead atoms. The third-order valence-corrected chi connectivity index (χ3v) is 7.25. The molecule has 252 valence electrons. The zero-order chi connectivity index (χ0) is 34.7. The van der Waals surface area contributed by atoms with Gasteiger partial charge in [-0.1, -0.05) is 54.6 Å². The molecule has 9 heteroatoms. The number of fused-ring (bicyclic) bond motifs is 1. The molecule has 1 aliphatic heterocycles. The lowest BCUT2D eigenvalue weighted by Crippen LogP contribution is -2.42. The van der Waals surface area contributed by atoms with Gasteiger partial charge in [-0.2, -0.15) is 0 Å². The van der Waals surface area contributed by atoms with Crippen LogP contribution in [0.25, 0.3) is 11.5 Å². The fourth-order valence-electron chi connectivity index (χ4n) is 5.02. The summed E-state index contributed by atoms with van der Waals surface area (Å²) in [5, 5.41) is 10.0. The summed E-state index contributed by atoms with van der Waals surface area (Å²) in [6.45, 7) is 10.8. The standard InChI is InChI=1S/C35H34N2O6.C4H11N/c1-3-4-6-11-32(38)37-20-18-26-12-17-29(22-30(26)33(37)35(39)40)41-21-19-31-24(2)43-34(36-31)27-13-15-28(16-14-27)42-23-25-9-7-5-8-10-25;1-4(2,3)5/h3-17,22,33H,18-21,23H2,1-2H3,(H,39,40);5H2,1-3H3. The number of allylic oxidation sites excluding steroid dienone is 3. The number of oxazole rings is 1. The number of rotatable bonds is 11. The van der Waals surface area contributed by atoms with E-state index in [2.05, 4.69) is 4.98 Å². The minimum atomic E-state index is -1.08. The number of aliphatic carboxylic acids is 1. The molecule has 0 radical (unpaired) electrons. The number of carbonyl (C=O) groups excluding carboxylic acids is 1. The highest BCUT2D eigenvalue weighted by atomic mass is 16.5. The minimum Gasteiger partial charge on any atom is -0.493 e. The van der Waals surface area contributed by atoms with Gasteiger partial charge >= 0.3 is 5.97 Å². The van der Waals surface area contributed by atoms with Crippen molar-refractivity contribution < 1.29 is 28.6 Å². The third-order valence-electron chi connectivity index (χ3n) is 7.25. The number of benzene rings is 3. The van der Waals surface area contributed by atoms with E-state index in [0.717, 1.165) is 28.1 Å². The highest BCUT2D eigenvalue weighted by molar-refractivity contribution is 5.92. The molecule has 0 aliphatic carbocycles. The second-order valence-electron chi connectivity index (χ2n) is 12.6. The lowest BCUT2D eigenvalue weighted by atomic mass is 9.92. The van der Waals surface area contributed by atoms with Crippen LogP contribution in [0.5, 0.6) is 11.5 Å². The van der Waals surface area contributed by atoms with Crippen molar-refractivity contribution in [3.05, 3.63) is 125 Å². The largest absolute Gasteiger partial charge is 0.493 e. The Kier molecular flexibility index (Phi) is 12.4. The number of nitrogens with zero attached hydrogens (tertiary/aromatic N) is 2. The van der Waals surface area contributed by atoms with Crippen molar-refractivity contribution in [2.75, 3.05) is 13.2 Å². The number of carboxylic acids is 1. The molecule has 1 aliphatic rings. The summed E-state index contributed by atoms with van der Waals surface area (Å²) in [6, 6.07) is 22.0. The maximum atomic E-state index is 12.7. The van der Waals surface area contributed by atoms with Crippen LogP contribution in [0, 0.1) is 6.92 Å². The Hall–Kier alpha value is -5.15. The van der Waals surface area contributed by atoms with Crippen LogP contribution in [0.1, 0.15) is 61.9 Å². The molecule has 4 aromatic rings. The van der Waals surface area contributed by atoms with E-state index in [4.69, 9.17) is 19.6 Å². The van der Waals surface area contributed by atoms with Gasteiger partial charge in [0.05, 0.1) is 12.3 Å². The highest BCUT2D eigenvalue weighted by Crippen LogP contribution is 2.33. The molecule has 1 amide bonds. The van der Waals surface area contributed by atoms with Crippen molar-refractivity contribution in [2.24, 2.45) is 5.73 Å². The van der Waals surface area contributed by atoms with Crippen LogP contribution in [0.4, 0.5) is 0 Å². The second-order valence-corrected chi connectivity index (χ2v) is 12.6. The average Bonchev–Trinajstić information content (AvgIpc) is 3.43. The van der Waals surface area contributed by atoms with Crippen molar-refractivity contribution in [3.8, 4) is 23.0 Å². The van der Waals surface area contributed by atoms with E-state index in [1.165, 1.54) is 11.0 Å². The lowest BCUT2D eigenvalue weighted by molar-refractivity contribution is -0.149. The van der Waals surface area contributed by atoms with Crippen molar-refractivity contribution in [1.29, 1.82) is 0 Å². The molecule has 1 unspecified atom stereocenters. The molecular formula is C39H45N3O6. The number of amides is 1. The van der Waals surface area contributed by atoms with Crippen LogP contribution in [0.2, 0.25) is 0 Å². The lowest BCUT2D eigenvalue weighted by Gasteiger charge is -2.34. The van der Waals surface area contributed by atoms with Crippen LogP contribution in [-0.4, -0.2) is 45.6 Å². The van der Waals surface area contributed by atoms with Gasteiger partial charge in [-0.05, 0) is 94.1 Å². The van der Waals surface area contributed by atoms with Crippen molar-refractivity contribution >= 4 is 11.9 Å². The first-order chi connectivity index (χ1) is 22.9. The number of aromatic nitrogens is 1. The maximum Gasteiger partial charge on any atom is 0.331 e.